The minimum Gasteiger partial charge on any atom is -0.437 e. The molecule has 0 saturated carbocycles. The number of rotatable bonds is 4. The van der Waals surface area contributed by atoms with Crippen molar-refractivity contribution in [1.29, 1.82) is 0 Å². The number of anilines is 1. The first kappa shape index (κ1) is 13.4. The van der Waals surface area contributed by atoms with Gasteiger partial charge in [-0.15, -0.1) is 10.2 Å². The number of oxazole rings is 1. The van der Waals surface area contributed by atoms with Crippen molar-refractivity contribution in [3.8, 4) is 0 Å². The van der Waals surface area contributed by atoms with Gasteiger partial charge in [-0.25, -0.2) is 4.98 Å². The zero-order chi connectivity index (χ0) is 14.7. The van der Waals surface area contributed by atoms with Gasteiger partial charge in [0.15, 0.2) is 5.58 Å². The van der Waals surface area contributed by atoms with Crippen LogP contribution in [0.1, 0.15) is 17.8 Å². The number of benzene rings is 1. The SMILES string of the molecule is CCc1nnc(NC(=O)/C=C/c2nc3ccccc3o2)s1. The van der Waals surface area contributed by atoms with Crippen molar-refractivity contribution in [3.05, 3.63) is 41.2 Å². The van der Waals surface area contributed by atoms with Crippen LogP contribution in [0, 0.1) is 0 Å². The molecule has 3 rings (SSSR count). The molecule has 0 fully saturated rings. The Bertz CT molecular complexity index is 773. The number of para-hydroxylation sites is 2. The van der Waals surface area contributed by atoms with E-state index in [0.29, 0.717) is 16.6 Å². The minimum absolute atomic E-state index is 0.295. The Morgan fingerprint density at radius 1 is 1.38 bits per heavy atom. The summed E-state index contributed by atoms with van der Waals surface area (Å²) < 4.78 is 5.49. The van der Waals surface area contributed by atoms with Gasteiger partial charge in [-0.1, -0.05) is 30.4 Å². The third-order valence-corrected chi connectivity index (χ3v) is 3.67. The number of carbonyl (C=O) groups excluding carboxylic acids is 1. The molecule has 7 heteroatoms. The highest BCUT2D eigenvalue weighted by Crippen LogP contribution is 2.17. The molecule has 1 amide bonds. The maximum absolute atomic E-state index is 11.8. The number of fused-ring (bicyclic) bond motifs is 1. The molecule has 1 N–H and O–H groups in total. The Hall–Kier alpha value is -2.54. The van der Waals surface area contributed by atoms with Crippen molar-refractivity contribution in [2.75, 3.05) is 5.32 Å². The number of hydrogen-bond acceptors (Lipinski definition) is 6. The van der Waals surface area contributed by atoms with Crippen LogP contribution in [-0.2, 0) is 11.2 Å². The first-order valence-corrected chi connectivity index (χ1v) is 7.23. The van der Waals surface area contributed by atoms with Crippen molar-refractivity contribution in [1.82, 2.24) is 15.2 Å². The third kappa shape index (κ3) is 3.14. The summed E-state index contributed by atoms with van der Waals surface area (Å²) in [5.74, 6) is 0.0916. The molecule has 6 nitrogen and oxygen atoms in total. The van der Waals surface area contributed by atoms with Gasteiger partial charge in [0.1, 0.15) is 10.5 Å². The maximum atomic E-state index is 11.8. The van der Waals surface area contributed by atoms with E-state index in [-0.39, 0.29) is 5.91 Å². The predicted octanol–water partition coefficient (Wildman–Crippen LogP) is 2.89. The van der Waals surface area contributed by atoms with E-state index < -0.39 is 0 Å². The Kier molecular flexibility index (Phi) is 3.74. The van der Waals surface area contributed by atoms with Crippen LogP contribution in [0.25, 0.3) is 17.2 Å². The fraction of sp³-hybridized carbons (Fsp3) is 0.143. The van der Waals surface area contributed by atoms with Crippen LogP contribution < -0.4 is 5.32 Å². The van der Waals surface area contributed by atoms with E-state index >= 15 is 0 Å². The Balaban J connectivity index is 1.68. The van der Waals surface area contributed by atoms with Crippen LogP contribution in [0.15, 0.2) is 34.8 Å². The second-order valence-corrected chi connectivity index (χ2v) is 5.26. The number of amides is 1. The fourth-order valence-electron chi connectivity index (χ4n) is 1.70. The summed E-state index contributed by atoms with van der Waals surface area (Å²) in [5, 5.41) is 11.8. The Morgan fingerprint density at radius 2 is 2.24 bits per heavy atom. The van der Waals surface area contributed by atoms with Crippen LogP contribution >= 0.6 is 11.3 Å². The summed E-state index contributed by atoms with van der Waals surface area (Å²) in [6, 6.07) is 7.43. The number of aryl methyl sites for hydroxylation is 1. The van der Waals surface area contributed by atoms with Gasteiger partial charge in [0.05, 0.1) is 0 Å². The van der Waals surface area contributed by atoms with Gasteiger partial charge in [0, 0.05) is 12.2 Å². The second-order valence-electron chi connectivity index (χ2n) is 4.20. The largest absolute Gasteiger partial charge is 0.437 e. The quantitative estimate of drug-likeness (QED) is 0.749. The van der Waals surface area contributed by atoms with Crippen LogP contribution in [0.2, 0.25) is 0 Å². The third-order valence-electron chi connectivity index (χ3n) is 2.69. The maximum Gasteiger partial charge on any atom is 0.250 e. The second kappa shape index (κ2) is 5.84. The number of hydrogen-bond donors (Lipinski definition) is 1. The van der Waals surface area contributed by atoms with Gasteiger partial charge < -0.3 is 4.42 Å². The zero-order valence-electron chi connectivity index (χ0n) is 11.2. The molecule has 0 saturated heterocycles. The van der Waals surface area contributed by atoms with Crippen molar-refractivity contribution in [3.63, 3.8) is 0 Å². The number of carbonyl (C=O) groups is 1. The summed E-state index contributed by atoms with van der Waals surface area (Å²) in [6.07, 6.45) is 3.68. The van der Waals surface area contributed by atoms with Crippen LogP contribution in [0.5, 0.6) is 0 Å². The molecule has 0 unspecified atom stereocenters. The van der Waals surface area contributed by atoms with Crippen LogP contribution in [0.3, 0.4) is 0 Å². The summed E-state index contributed by atoms with van der Waals surface area (Å²) in [4.78, 5) is 16.0. The lowest BCUT2D eigenvalue weighted by Gasteiger charge is -1.93. The Labute approximate surface area is 124 Å². The molecule has 0 aliphatic heterocycles. The normalized spacial score (nSPS) is 11.3. The zero-order valence-corrected chi connectivity index (χ0v) is 12.1. The van der Waals surface area contributed by atoms with Gasteiger partial charge in [0.25, 0.3) is 0 Å². The van der Waals surface area contributed by atoms with Crippen LogP contribution in [0.4, 0.5) is 5.13 Å². The van der Waals surface area contributed by atoms with Crippen molar-refractivity contribution < 1.29 is 9.21 Å². The fourth-order valence-corrected chi connectivity index (χ4v) is 2.38. The topological polar surface area (TPSA) is 80.9 Å². The van der Waals surface area contributed by atoms with Crippen molar-refractivity contribution in [2.24, 2.45) is 0 Å². The van der Waals surface area contributed by atoms with E-state index in [9.17, 15) is 4.79 Å². The molecule has 2 heterocycles. The van der Waals surface area contributed by atoms with Gasteiger partial charge in [0.2, 0.25) is 16.9 Å². The highest BCUT2D eigenvalue weighted by Gasteiger charge is 2.06. The highest BCUT2D eigenvalue weighted by atomic mass is 32.1. The van der Waals surface area contributed by atoms with Crippen molar-refractivity contribution in [2.45, 2.75) is 13.3 Å². The lowest BCUT2D eigenvalue weighted by Crippen LogP contribution is -2.07. The molecular formula is C14H12N4O2S. The predicted molar refractivity (Wildman–Crippen MR) is 81.0 cm³/mol. The molecule has 0 spiro atoms. The molecule has 1 aromatic carbocycles. The van der Waals surface area contributed by atoms with Gasteiger partial charge >= 0.3 is 0 Å². The van der Waals surface area contributed by atoms with Gasteiger partial charge in [-0.3, -0.25) is 10.1 Å². The van der Waals surface area contributed by atoms with Gasteiger partial charge in [-0.05, 0) is 18.6 Å². The smallest absolute Gasteiger partial charge is 0.250 e. The van der Waals surface area contributed by atoms with Gasteiger partial charge in [-0.2, -0.15) is 0 Å². The molecular weight excluding hydrogens is 288 g/mol. The molecule has 0 aliphatic carbocycles. The monoisotopic (exact) mass is 300 g/mol. The van der Waals surface area contributed by atoms with Crippen LogP contribution in [-0.4, -0.2) is 21.1 Å². The molecule has 0 aliphatic rings. The van der Waals surface area contributed by atoms with E-state index in [0.717, 1.165) is 16.9 Å². The first-order chi connectivity index (χ1) is 10.2. The molecule has 0 radical (unpaired) electrons. The number of nitrogens with one attached hydrogen (secondary N) is 1. The minimum atomic E-state index is -0.295. The molecule has 106 valence electrons. The summed E-state index contributed by atoms with van der Waals surface area (Å²) in [7, 11) is 0. The number of nitrogens with zero attached hydrogens (tertiary/aromatic N) is 3. The molecule has 2 aromatic heterocycles. The highest BCUT2D eigenvalue weighted by molar-refractivity contribution is 7.15. The molecule has 0 atom stereocenters. The number of aromatic nitrogens is 3. The molecule has 21 heavy (non-hydrogen) atoms. The summed E-state index contributed by atoms with van der Waals surface area (Å²) in [6.45, 7) is 1.99. The first-order valence-electron chi connectivity index (χ1n) is 6.41. The van der Waals surface area contributed by atoms with Crippen molar-refractivity contribution >= 4 is 39.6 Å². The lowest BCUT2D eigenvalue weighted by atomic mass is 10.3. The average molecular weight is 300 g/mol. The van der Waals surface area contributed by atoms with E-state index in [1.54, 1.807) is 0 Å². The molecule has 0 bridgehead atoms. The summed E-state index contributed by atoms with van der Waals surface area (Å²) >= 11 is 1.36. The van der Waals surface area contributed by atoms with E-state index in [1.165, 1.54) is 23.5 Å². The Morgan fingerprint density at radius 3 is 3.00 bits per heavy atom. The lowest BCUT2D eigenvalue weighted by molar-refractivity contribution is -0.111. The average Bonchev–Trinajstić information content (AvgIpc) is 3.10. The summed E-state index contributed by atoms with van der Waals surface area (Å²) in [5.41, 5.74) is 1.45. The van der Waals surface area contributed by atoms with E-state index in [1.807, 2.05) is 31.2 Å². The van der Waals surface area contributed by atoms with E-state index in [4.69, 9.17) is 4.42 Å². The molecule has 3 aromatic rings. The van der Waals surface area contributed by atoms with E-state index in [2.05, 4.69) is 20.5 Å². The standard InChI is InChI=1S/C14H12N4O2S/c1-2-13-17-18-14(21-13)16-11(19)7-8-12-15-9-5-3-4-6-10(9)20-12/h3-8H,2H2,1H3,(H,16,18,19)/b8-7+.